The molecule has 34 heavy (non-hydrogen) atoms. The molecule has 0 aromatic heterocycles. The molecule has 1 aromatic rings. The second-order valence-corrected chi connectivity index (χ2v) is 11.3. The Bertz CT molecular complexity index is 658. The molecule has 0 N–H and O–H groups in total. The van der Waals surface area contributed by atoms with E-state index in [9.17, 15) is 13.0 Å². The molecule has 5 heteroatoms. The molecule has 0 heterocycles. The molecule has 0 aliphatic rings. The number of benzene rings is 1. The van der Waals surface area contributed by atoms with Gasteiger partial charge in [-0.15, -0.1) is 0 Å². The minimum Gasteiger partial charge on any atom is -0.744 e. The van der Waals surface area contributed by atoms with Crippen molar-refractivity contribution in [2.24, 2.45) is 0 Å². The average molecular weight is 503 g/mol. The molecule has 0 bridgehead atoms. The molecule has 0 radical (unpaired) electrons. The average Bonchev–Trinajstić information content (AvgIpc) is 2.80. The van der Waals surface area contributed by atoms with Crippen LogP contribution < -0.4 is 29.6 Å². The van der Waals surface area contributed by atoms with Crippen molar-refractivity contribution in [1.29, 1.82) is 0 Å². The van der Waals surface area contributed by atoms with Crippen LogP contribution in [0, 0.1) is 0 Å². The number of unbranched alkanes of at least 4 members (excludes halogenated alkanes) is 20. The van der Waals surface area contributed by atoms with Crippen LogP contribution in [-0.4, -0.2) is 13.0 Å². The zero-order chi connectivity index (χ0) is 24.0. The minimum absolute atomic E-state index is 0. The summed E-state index contributed by atoms with van der Waals surface area (Å²) in [6.07, 6.45) is 30.1. The third-order valence-corrected chi connectivity index (χ3v) is 7.63. The molecule has 192 valence electrons. The Morgan fingerprint density at radius 2 is 0.824 bits per heavy atom. The smallest absolute Gasteiger partial charge is 0.744 e. The van der Waals surface area contributed by atoms with Gasteiger partial charge in [-0.1, -0.05) is 147 Å². The predicted octanol–water partition coefficient (Wildman–Crippen LogP) is 6.35. The first kappa shape index (κ1) is 34.1. The van der Waals surface area contributed by atoms with E-state index in [4.69, 9.17) is 0 Å². The monoisotopic (exact) mass is 502 g/mol. The summed E-state index contributed by atoms with van der Waals surface area (Å²) >= 11 is 0. The zero-order valence-electron chi connectivity index (χ0n) is 22.5. The SMILES string of the molecule is CCCCCCCCCCCCCCCCCCCCCCCc1ccc(S(=O)(=O)[O-])cc1.[Na+]. The van der Waals surface area contributed by atoms with Gasteiger partial charge < -0.3 is 4.55 Å². The summed E-state index contributed by atoms with van der Waals surface area (Å²) in [6.45, 7) is 2.29. The maximum Gasteiger partial charge on any atom is 1.00 e. The third-order valence-electron chi connectivity index (χ3n) is 6.78. The summed E-state index contributed by atoms with van der Waals surface area (Å²) < 4.78 is 32.8. The molecule has 0 atom stereocenters. The molecule has 3 nitrogen and oxygen atoms in total. The molecule has 0 spiro atoms. The van der Waals surface area contributed by atoms with Gasteiger partial charge in [0.15, 0.2) is 0 Å². The fourth-order valence-electron chi connectivity index (χ4n) is 4.58. The Morgan fingerprint density at radius 1 is 0.529 bits per heavy atom. The molecule has 0 saturated carbocycles. The van der Waals surface area contributed by atoms with Gasteiger partial charge >= 0.3 is 29.6 Å². The van der Waals surface area contributed by atoms with Crippen molar-refractivity contribution in [3.8, 4) is 0 Å². The first-order chi connectivity index (χ1) is 16.0. The summed E-state index contributed by atoms with van der Waals surface area (Å²) in [5, 5.41) is 0. The summed E-state index contributed by atoms with van der Waals surface area (Å²) in [6, 6.07) is 6.38. The van der Waals surface area contributed by atoms with E-state index >= 15 is 0 Å². The van der Waals surface area contributed by atoms with Crippen LogP contribution in [0.4, 0.5) is 0 Å². The van der Waals surface area contributed by atoms with Crippen molar-refractivity contribution < 1.29 is 42.5 Å². The minimum atomic E-state index is -4.33. The van der Waals surface area contributed by atoms with Crippen LogP contribution in [0.5, 0.6) is 0 Å². The van der Waals surface area contributed by atoms with E-state index in [-0.39, 0.29) is 34.5 Å². The molecule has 1 rings (SSSR count). The third kappa shape index (κ3) is 20.3. The molecule has 1 aromatic carbocycles. The summed E-state index contributed by atoms with van der Waals surface area (Å²) in [7, 11) is -4.33. The summed E-state index contributed by atoms with van der Waals surface area (Å²) in [4.78, 5) is -0.134. The van der Waals surface area contributed by atoms with Gasteiger partial charge in [-0.3, -0.25) is 0 Å². The fraction of sp³-hybridized carbons (Fsp3) is 0.793. The largest absolute Gasteiger partial charge is 1.00 e. The Kier molecular flexibility index (Phi) is 23.6. The first-order valence-electron chi connectivity index (χ1n) is 14.1. The van der Waals surface area contributed by atoms with Crippen molar-refractivity contribution in [2.75, 3.05) is 0 Å². The van der Waals surface area contributed by atoms with Crippen LogP contribution in [0.1, 0.15) is 147 Å². The Morgan fingerprint density at radius 3 is 1.12 bits per heavy atom. The molecule has 0 fully saturated rings. The van der Waals surface area contributed by atoms with Crippen molar-refractivity contribution in [1.82, 2.24) is 0 Å². The van der Waals surface area contributed by atoms with Crippen LogP contribution in [-0.2, 0) is 16.5 Å². The Labute approximate surface area is 234 Å². The molecular formula is C29H51NaO3S. The quantitative estimate of drug-likeness (QED) is 0.0995. The summed E-state index contributed by atoms with van der Waals surface area (Å²) in [5.74, 6) is 0. The maximum atomic E-state index is 10.9. The number of hydrogen-bond acceptors (Lipinski definition) is 3. The van der Waals surface area contributed by atoms with E-state index in [1.807, 2.05) is 0 Å². The molecule has 0 unspecified atom stereocenters. The van der Waals surface area contributed by atoms with Gasteiger partial charge in [-0.2, -0.15) is 0 Å². The summed E-state index contributed by atoms with van der Waals surface area (Å²) in [5.41, 5.74) is 1.11. The normalized spacial score (nSPS) is 11.5. The maximum absolute atomic E-state index is 10.9. The second kappa shape index (κ2) is 23.5. The van der Waals surface area contributed by atoms with Crippen LogP contribution >= 0.6 is 0 Å². The van der Waals surface area contributed by atoms with Crippen LogP contribution in [0.15, 0.2) is 29.2 Å². The van der Waals surface area contributed by atoms with Gasteiger partial charge in [0.2, 0.25) is 0 Å². The predicted molar refractivity (Wildman–Crippen MR) is 141 cm³/mol. The van der Waals surface area contributed by atoms with Crippen LogP contribution in [0.3, 0.4) is 0 Å². The molecule has 0 saturated heterocycles. The van der Waals surface area contributed by atoms with Gasteiger partial charge in [-0.05, 0) is 30.5 Å². The van der Waals surface area contributed by atoms with Crippen molar-refractivity contribution in [3.05, 3.63) is 29.8 Å². The van der Waals surface area contributed by atoms with E-state index in [0.29, 0.717) is 0 Å². The Hall–Kier alpha value is 0.130. The van der Waals surface area contributed by atoms with Gasteiger partial charge in [0.25, 0.3) is 0 Å². The van der Waals surface area contributed by atoms with Gasteiger partial charge in [-0.25, -0.2) is 8.42 Å². The van der Waals surface area contributed by atoms with E-state index in [1.54, 1.807) is 12.1 Å². The van der Waals surface area contributed by atoms with Crippen LogP contribution in [0.25, 0.3) is 0 Å². The topological polar surface area (TPSA) is 57.2 Å². The van der Waals surface area contributed by atoms with Gasteiger partial charge in [0.1, 0.15) is 10.1 Å². The first-order valence-corrected chi connectivity index (χ1v) is 15.5. The number of aryl methyl sites for hydroxylation is 1. The van der Waals surface area contributed by atoms with E-state index in [1.165, 1.54) is 141 Å². The number of rotatable bonds is 23. The van der Waals surface area contributed by atoms with E-state index in [0.717, 1.165) is 18.4 Å². The fourth-order valence-corrected chi connectivity index (χ4v) is 5.05. The Balaban J connectivity index is 0.0000109. The van der Waals surface area contributed by atoms with E-state index < -0.39 is 10.1 Å². The van der Waals surface area contributed by atoms with Crippen molar-refractivity contribution in [2.45, 2.75) is 153 Å². The standard InChI is InChI=1S/C29H52O3S.Na/c1-2-3-4-5-6-7-8-9-10-11-12-13-14-15-16-17-18-19-20-21-22-23-28-24-26-29(27-25-28)33(30,31)32;/h24-27H,2-23H2,1H3,(H,30,31,32);/q;+1/p-1. The van der Waals surface area contributed by atoms with Crippen molar-refractivity contribution >= 4 is 10.1 Å². The molecular weight excluding hydrogens is 451 g/mol. The van der Waals surface area contributed by atoms with Gasteiger partial charge in [0, 0.05) is 0 Å². The number of hydrogen-bond donors (Lipinski definition) is 0. The molecule has 0 aliphatic carbocycles. The molecule has 0 amide bonds. The van der Waals surface area contributed by atoms with Gasteiger partial charge in [0.05, 0.1) is 4.90 Å². The van der Waals surface area contributed by atoms with Crippen LogP contribution in [0.2, 0.25) is 0 Å². The zero-order valence-corrected chi connectivity index (χ0v) is 25.3. The van der Waals surface area contributed by atoms with E-state index in [2.05, 4.69) is 6.92 Å². The second-order valence-electron chi connectivity index (χ2n) is 9.92. The molecule has 0 aliphatic heterocycles. The van der Waals surface area contributed by atoms with Crippen molar-refractivity contribution in [3.63, 3.8) is 0 Å².